The summed E-state index contributed by atoms with van der Waals surface area (Å²) in [5.41, 5.74) is -0.807. The Balaban J connectivity index is 0.00000169. The van der Waals surface area contributed by atoms with Gasteiger partial charge in [0.15, 0.2) is 5.22 Å². The van der Waals surface area contributed by atoms with Crippen molar-refractivity contribution < 1.29 is 68.7 Å². The molecule has 1 rings (SSSR count). The van der Waals surface area contributed by atoms with E-state index in [1.165, 1.54) is 6.07 Å². The molecule has 74 valence electrons. The molecule has 0 aliphatic carbocycles. The van der Waals surface area contributed by atoms with Crippen molar-refractivity contribution in [1.29, 1.82) is 0 Å². The fourth-order valence-corrected chi connectivity index (χ4v) is 1.63. The first-order chi connectivity index (χ1) is 5.97. The molecule has 1 aromatic heterocycles. The van der Waals surface area contributed by atoms with Crippen LogP contribution in [0.4, 0.5) is 12.9 Å². The topological polar surface area (TPSA) is 13.1 Å². The van der Waals surface area contributed by atoms with Gasteiger partial charge in [-0.15, -0.1) is 0 Å². The van der Waals surface area contributed by atoms with E-state index in [4.69, 9.17) is 16.0 Å². The monoisotopic (exact) mass is 268 g/mol. The molecule has 0 bridgehead atoms. The Morgan fingerprint density at radius 2 is 2.00 bits per heavy atom. The first-order valence-corrected chi connectivity index (χ1v) is 5.03. The Bertz CT molecular complexity index is 280. The Morgan fingerprint density at radius 3 is 2.43 bits per heavy atom. The second-order valence-electron chi connectivity index (χ2n) is 2.43. The molecule has 0 spiro atoms. The molecule has 0 aliphatic rings. The first-order valence-electron chi connectivity index (χ1n) is 3.50. The van der Waals surface area contributed by atoms with Crippen molar-refractivity contribution in [1.82, 2.24) is 0 Å². The van der Waals surface area contributed by atoms with Gasteiger partial charge in [-0.2, -0.15) is 11.8 Å². The third kappa shape index (κ3) is 6.81. The minimum absolute atomic E-state index is 0. The molecule has 0 unspecified atom stereocenters. The number of hydrogen-bond acceptors (Lipinski definition) is 2. The van der Waals surface area contributed by atoms with E-state index in [-0.39, 0.29) is 62.4 Å². The van der Waals surface area contributed by atoms with Gasteiger partial charge in [-0.05, 0) is 29.4 Å². The summed E-state index contributed by atoms with van der Waals surface area (Å²) >= 11 is 6.21. The standard InChI is InChI=1S/C6H6BClF3OS.K/c8-6-2-1-5(12-6)3-13-4-7(9,10)11;/h1-2H,3-4H2;/q-1;+1. The summed E-state index contributed by atoms with van der Waals surface area (Å²) < 4.78 is 40.1. The molecule has 0 fully saturated rings. The third-order valence-electron chi connectivity index (χ3n) is 1.18. The molecule has 0 aliphatic heterocycles. The van der Waals surface area contributed by atoms with Crippen LogP contribution in [-0.2, 0) is 5.75 Å². The Labute approximate surface area is 132 Å². The van der Waals surface area contributed by atoms with Crippen molar-refractivity contribution in [2.75, 3.05) is 5.65 Å². The van der Waals surface area contributed by atoms with Gasteiger partial charge < -0.3 is 17.4 Å². The fourth-order valence-electron chi connectivity index (χ4n) is 0.722. The Kier molecular flexibility index (Phi) is 7.57. The number of thioether (sulfide) groups is 1. The summed E-state index contributed by atoms with van der Waals surface area (Å²) in [6.07, 6.45) is 0. The zero-order chi connectivity index (χ0) is 9.90. The Hall–Kier alpha value is 1.41. The van der Waals surface area contributed by atoms with Crippen molar-refractivity contribution in [2.45, 2.75) is 5.75 Å². The summed E-state index contributed by atoms with van der Waals surface area (Å²) in [5, 5.41) is 0.202. The molecule has 0 atom stereocenters. The molecule has 0 N–H and O–H groups in total. The molecule has 0 radical (unpaired) electrons. The molecule has 1 nitrogen and oxygen atoms in total. The van der Waals surface area contributed by atoms with Crippen LogP contribution in [0.25, 0.3) is 0 Å². The zero-order valence-corrected chi connectivity index (χ0v) is 12.2. The smallest absolute Gasteiger partial charge is 0.449 e. The second kappa shape index (κ2) is 6.88. The average Bonchev–Trinajstić information content (AvgIpc) is 2.33. The van der Waals surface area contributed by atoms with Gasteiger partial charge in [-0.1, -0.05) is 0 Å². The normalized spacial score (nSPS) is 11.1. The number of hydrogen-bond donors (Lipinski definition) is 0. The molecule has 1 heterocycles. The van der Waals surface area contributed by atoms with E-state index in [0.717, 1.165) is 11.8 Å². The van der Waals surface area contributed by atoms with Crippen LogP contribution in [0.5, 0.6) is 0 Å². The van der Waals surface area contributed by atoms with Gasteiger partial charge in [0.05, 0.1) is 0 Å². The van der Waals surface area contributed by atoms with Gasteiger partial charge in [-0.3, -0.25) is 0 Å². The van der Waals surface area contributed by atoms with Crippen LogP contribution in [0.1, 0.15) is 5.76 Å². The summed E-state index contributed by atoms with van der Waals surface area (Å²) in [4.78, 5) is 0. The van der Waals surface area contributed by atoms with Crippen molar-refractivity contribution in [2.24, 2.45) is 0 Å². The summed E-state index contributed by atoms with van der Waals surface area (Å²) in [6.45, 7) is -4.71. The molecule has 0 amide bonds. The number of halogens is 4. The SMILES string of the molecule is F[B-](F)(F)CSCc1ccc(Cl)o1.[K+]. The van der Waals surface area contributed by atoms with Crippen LogP contribution >= 0.6 is 23.4 Å². The summed E-state index contributed by atoms with van der Waals surface area (Å²) in [7, 11) is 0. The van der Waals surface area contributed by atoms with Crippen LogP contribution < -0.4 is 51.4 Å². The molecule has 0 saturated heterocycles. The number of rotatable bonds is 4. The van der Waals surface area contributed by atoms with E-state index >= 15 is 0 Å². The molecule has 0 aromatic carbocycles. The van der Waals surface area contributed by atoms with Crippen molar-refractivity contribution in [3.8, 4) is 0 Å². The molecule has 14 heavy (non-hydrogen) atoms. The molecule has 0 saturated carbocycles. The van der Waals surface area contributed by atoms with Crippen LogP contribution in [0.3, 0.4) is 0 Å². The second-order valence-corrected chi connectivity index (χ2v) is 3.83. The maximum Gasteiger partial charge on any atom is 1.00 e. The molecular formula is C6H6BClF3KOS. The van der Waals surface area contributed by atoms with Gasteiger partial charge in [0.2, 0.25) is 0 Å². The van der Waals surface area contributed by atoms with Gasteiger partial charge >= 0.3 is 58.4 Å². The molecular weight excluding hydrogens is 262 g/mol. The van der Waals surface area contributed by atoms with E-state index in [1.807, 2.05) is 0 Å². The van der Waals surface area contributed by atoms with Crippen LogP contribution in [0.15, 0.2) is 16.5 Å². The predicted molar refractivity (Wildman–Crippen MR) is 49.0 cm³/mol. The van der Waals surface area contributed by atoms with Crippen molar-refractivity contribution in [3.05, 3.63) is 23.1 Å². The predicted octanol–water partition coefficient (Wildman–Crippen LogP) is 0.557. The molecule has 1 aromatic rings. The van der Waals surface area contributed by atoms with Gasteiger partial charge in [0.25, 0.3) is 0 Å². The van der Waals surface area contributed by atoms with Gasteiger partial charge in [-0.25, -0.2) is 0 Å². The average molecular weight is 269 g/mol. The summed E-state index contributed by atoms with van der Waals surface area (Å²) in [6, 6.07) is 3.08. The fraction of sp³-hybridized carbons (Fsp3) is 0.333. The van der Waals surface area contributed by atoms with Crippen LogP contribution in [0, 0.1) is 0 Å². The van der Waals surface area contributed by atoms with Crippen LogP contribution in [-0.4, -0.2) is 12.6 Å². The van der Waals surface area contributed by atoms with E-state index in [0.29, 0.717) is 5.76 Å². The van der Waals surface area contributed by atoms with Crippen LogP contribution in [0.2, 0.25) is 5.22 Å². The van der Waals surface area contributed by atoms with Crippen molar-refractivity contribution in [3.63, 3.8) is 0 Å². The first kappa shape index (κ1) is 15.4. The van der Waals surface area contributed by atoms with Gasteiger partial charge in [0, 0.05) is 5.75 Å². The van der Waals surface area contributed by atoms with E-state index in [9.17, 15) is 12.9 Å². The number of furan rings is 1. The minimum Gasteiger partial charge on any atom is -0.449 e. The van der Waals surface area contributed by atoms with Crippen molar-refractivity contribution >= 4 is 30.3 Å². The van der Waals surface area contributed by atoms with E-state index in [1.54, 1.807) is 6.07 Å². The molecule has 8 heteroatoms. The quantitative estimate of drug-likeness (QED) is 0.740. The largest absolute Gasteiger partial charge is 1.00 e. The third-order valence-corrected chi connectivity index (χ3v) is 2.49. The minimum atomic E-state index is -4.71. The maximum absolute atomic E-state index is 11.7. The maximum atomic E-state index is 11.7. The van der Waals surface area contributed by atoms with E-state index < -0.39 is 12.6 Å². The zero-order valence-electron chi connectivity index (χ0n) is 7.47. The Morgan fingerprint density at radius 1 is 1.36 bits per heavy atom. The summed E-state index contributed by atoms with van der Waals surface area (Å²) in [5.74, 6) is 0.670. The van der Waals surface area contributed by atoms with E-state index in [2.05, 4.69) is 0 Å². The van der Waals surface area contributed by atoms with Gasteiger partial charge in [0.1, 0.15) is 5.76 Å².